The number of anilines is 2. The van der Waals surface area contributed by atoms with Crippen LogP contribution in [0.25, 0.3) is 0 Å². The van der Waals surface area contributed by atoms with Crippen molar-refractivity contribution in [2.45, 2.75) is 20.3 Å². The van der Waals surface area contributed by atoms with Crippen LogP contribution in [0.1, 0.15) is 30.6 Å². The number of carbonyl (C=O) groups excluding carboxylic acids is 1. The van der Waals surface area contributed by atoms with E-state index >= 15 is 0 Å². The Hall–Kier alpha value is -1.71. The normalized spacial score (nSPS) is 10.5. The summed E-state index contributed by atoms with van der Waals surface area (Å²) >= 11 is 0. The minimum absolute atomic E-state index is 0.0820. The smallest absolute Gasteiger partial charge is 0.253 e. The molecule has 0 bridgehead atoms. The molecule has 1 aromatic rings. The zero-order chi connectivity index (χ0) is 13.7. The van der Waals surface area contributed by atoms with Gasteiger partial charge in [0.25, 0.3) is 5.91 Å². The Kier molecular flexibility index (Phi) is 5.01. The molecule has 1 aromatic carbocycles. The lowest BCUT2D eigenvalue weighted by molar-refractivity contribution is 0.0963. The number of rotatable bonds is 5. The highest BCUT2D eigenvalue weighted by Gasteiger charge is 2.13. The molecular weight excluding hydrogens is 226 g/mol. The van der Waals surface area contributed by atoms with E-state index in [9.17, 15) is 4.79 Å². The summed E-state index contributed by atoms with van der Waals surface area (Å²) in [7, 11) is 3.63. The average molecular weight is 249 g/mol. The molecule has 0 atom stereocenters. The average Bonchev–Trinajstić information content (AvgIpc) is 2.34. The van der Waals surface area contributed by atoms with Crippen molar-refractivity contribution >= 4 is 17.3 Å². The predicted octanol–water partition coefficient (Wildman–Crippen LogP) is 2.11. The van der Waals surface area contributed by atoms with E-state index in [0.29, 0.717) is 17.2 Å². The molecule has 4 nitrogen and oxygen atoms in total. The van der Waals surface area contributed by atoms with E-state index in [1.807, 2.05) is 13.1 Å². The van der Waals surface area contributed by atoms with Crippen molar-refractivity contribution in [2.75, 3.05) is 31.3 Å². The summed E-state index contributed by atoms with van der Waals surface area (Å²) in [5.74, 6) is 0.554. The van der Waals surface area contributed by atoms with Gasteiger partial charge in [0.1, 0.15) is 0 Å². The summed E-state index contributed by atoms with van der Waals surface area (Å²) < 4.78 is 0. The van der Waals surface area contributed by atoms with Gasteiger partial charge in [-0.25, -0.2) is 0 Å². The van der Waals surface area contributed by atoms with E-state index in [4.69, 9.17) is 5.73 Å². The molecule has 0 aliphatic carbocycles. The first-order valence-electron chi connectivity index (χ1n) is 6.28. The van der Waals surface area contributed by atoms with E-state index in [2.05, 4.69) is 24.1 Å². The summed E-state index contributed by atoms with van der Waals surface area (Å²) in [6, 6.07) is 5.38. The SMILES string of the molecule is CNC(=O)c1ccc(N)cc1N(C)CCC(C)C. The highest BCUT2D eigenvalue weighted by Crippen LogP contribution is 2.23. The molecule has 0 heterocycles. The van der Waals surface area contributed by atoms with Crippen LogP contribution in [0.4, 0.5) is 11.4 Å². The van der Waals surface area contributed by atoms with Crippen LogP contribution in [-0.2, 0) is 0 Å². The Morgan fingerprint density at radius 1 is 1.44 bits per heavy atom. The van der Waals surface area contributed by atoms with Crippen LogP contribution >= 0.6 is 0 Å². The second-order valence-corrected chi connectivity index (χ2v) is 4.96. The fourth-order valence-electron chi connectivity index (χ4n) is 1.76. The van der Waals surface area contributed by atoms with E-state index in [1.54, 1.807) is 19.2 Å². The molecular formula is C14H23N3O. The van der Waals surface area contributed by atoms with Gasteiger partial charge in [-0.05, 0) is 30.5 Å². The van der Waals surface area contributed by atoms with Crippen molar-refractivity contribution in [3.8, 4) is 0 Å². The van der Waals surface area contributed by atoms with Crippen LogP contribution in [0, 0.1) is 5.92 Å². The molecule has 1 rings (SSSR count). The number of hydrogen-bond donors (Lipinski definition) is 2. The van der Waals surface area contributed by atoms with Crippen molar-refractivity contribution in [1.29, 1.82) is 0 Å². The summed E-state index contributed by atoms with van der Waals surface area (Å²) in [6.07, 6.45) is 1.08. The molecule has 0 fully saturated rings. The second kappa shape index (κ2) is 6.28. The van der Waals surface area contributed by atoms with Crippen LogP contribution in [0.2, 0.25) is 0 Å². The highest BCUT2D eigenvalue weighted by molar-refractivity contribution is 6.00. The van der Waals surface area contributed by atoms with Gasteiger partial charge in [-0.3, -0.25) is 4.79 Å². The number of nitrogen functional groups attached to an aromatic ring is 1. The number of benzene rings is 1. The molecule has 0 spiro atoms. The van der Waals surface area contributed by atoms with Crippen LogP contribution in [0.5, 0.6) is 0 Å². The molecule has 0 aliphatic heterocycles. The van der Waals surface area contributed by atoms with Crippen molar-refractivity contribution in [1.82, 2.24) is 5.32 Å². The predicted molar refractivity (Wildman–Crippen MR) is 77.0 cm³/mol. The lowest BCUT2D eigenvalue weighted by Crippen LogP contribution is -2.25. The molecule has 0 unspecified atom stereocenters. The zero-order valence-electron chi connectivity index (χ0n) is 11.7. The number of nitrogens with two attached hydrogens (primary N) is 1. The van der Waals surface area contributed by atoms with Crippen molar-refractivity contribution in [3.05, 3.63) is 23.8 Å². The molecule has 0 aliphatic rings. The molecule has 0 saturated carbocycles. The Labute approximate surface area is 109 Å². The minimum atomic E-state index is -0.0820. The van der Waals surface area contributed by atoms with Crippen LogP contribution in [0.3, 0.4) is 0 Å². The number of nitrogens with zero attached hydrogens (tertiary/aromatic N) is 1. The van der Waals surface area contributed by atoms with Crippen molar-refractivity contribution in [2.24, 2.45) is 5.92 Å². The largest absolute Gasteiger partial charge is 0.399 e. The third kappa shape index (κ3) is 3.65. The summed E-state index contributed by atoms with van der Waals surface area (Å²) in [6.45, 7) is 5.28. The fraction of sp³-hybridized carbons (Fsp3) is 0.500. The summed E-state index contributed by atoms with van der Waals surface area (Å²) in [5, 5.41) is 2.65. The van der Waals surface area contributed by atoms with E-state index in [-0.39, 0.29) is 5.91 Å². The first kappa shape index (κ1) is 14.4. The van der Waals surface area contributed by atoms with Gasteiger partial charge >= 0.3 is 0 Å². The van der Waals surface area contributed by atoms with Gasteiger partial charge in [0.05, 0.1) is 11.3 Å². The lowest BCUT2D eigenvalue weighted by Gasteiger charge is -2.23. The maximum absolute atomic E-state index is 11.8. The van der Waals surface area contributed by atoms with Gasteiger partial charge < -0.3 is 16.0 Å². The number of nitrogens with one attached hydrogen (secondary N) is 1. The second-order valence-electron chi connectivity index (χ2n) is 4.96. The van der Waals surface area contributed by atoms with Crippen molar-refractivity contribution < 1.29 is 4.79 Å². The molecule has 18 heavy (non-hydrogen) atoms. The number of carbonyl (C=O) groups is 1. The monoisotopic (exact) mass is 249 g/mol. The molecule has 4 heteroatoms. The van der Waals surface area contributed by atoms with Gasteiger partial charge in [-0.2, -0.15) is 0 Å². The highest BCUT2D eigenvalue weighted by atomic mass is 16.1. The topological polar surface area (TPSA) is 58.4 Å². The maximum atomic E-state index is 11.8. The molecule has 0 aromatic heterocycles. The van der Waals surface area contributed by atoms with Crippen LogP contribution in [-0.4, -0.2) is 26.5 Å². The molecule has 0 radical (unpaired) electrons. The van der Waals surface area contributed by atoms with Gasteiger partial charge in [0.15, 0.2) is 0 Å². The molecule has 1 amide bonds. The fourth-order valence-corrected chi connectivity index (χ4v) is 1.76. The quantitative estimate of drug-likeness (QED) is 0.786. The summed E-state index contributed by atoms with van der Waals surface area (Å²) in [4.78, 5) is 13.9. The standard InChI is InChI=1S/C14H23N3O/c1-10(2)7-8-17(4)13-9-11(15)5-6-12(13)14(18)16-3/h5-6,9-10H,7-8,15H2,1-4H3,(H,16,18). The van der Waals surface area contributed by atoms with Crippen LogP contribution < -0.4 is 16.0 Å². The number of hydrogen-bond acceptors (Lipinski definition) is 3. The Balaban J connectivity index is 2.97. The van der Waals surface area contributed by atoms with Gasteiger partial charge in [0.2, 0.25) is 0 Å². The Morgan fingerprint density at radius 2 is 2.11 bits per heavy atom. The Morgan fingerprint density at radius 3 is 2.67 bits per heavy atom. The number of amides is 1. The first-order chi connectivity index (χ1) is 8.45. The Bertz CT molecular complexity index is 416. The molecule has 3 N–H and O–H groups in total. The minimum Gasteiger partial charge on any atom is -0.399 e. The van der Waals surface area contributed by atoms with E-state index in [1.165, 1.54) is 0 Å². The van der Waals surface area contributed by atoms with Crippen LogP contribution in [0.15, 0.2) is 18.2 Å². The third-order valence-electron chi connectivity index (χ3n) is 2.95. The van der Waals surface area contributed by atoms with Gasteiger partial charge in [-0.15, -0.1) is 0 Å². The first-order valence-corrected chi connectivity index (χ1v) is 6.28. The third-order valence-corrected chi connectivity index (χ3v) is 2.95. The van der Waals surface area contributed by atoms with Crippen molar-refractivity contribution in [3.63, 3.8) is 0 Å². The van der Waals surface area contributed by atoms with Gasteiger partial charge in [0, 0.05) is 26.3 Å². The maximum Gasteiger partial charge on any atom is 0.253 e. The molecule has 0 saturated heterocycles. The van der Waals surface area contributed by atoms with E-state index < -0.39 is 0 Å². The summed E-state index contributed by atoms with van der Waals surface area (Å²) in [5.41, 5.74) is 8.03. The van der Waals surface area contributed by atoms with E-state index in [0.717, 1.165) is 18.7 Å². The zero-order valence-corrected chi connectivity index (χ0v) is 11.7. The van der Waals surface area contributed by atoms with Gasteiger partial charge in [-0.1, -0.05) is 13.8 Å². The molecule has 100 valence electrons. The lowest BCUT2D eigenvalue weighted by atomic mass is 10.1.